The first-order chi connectivity index (χ1) is 9.08. The van der Waals surface area contributed by atoms with Gasteiger partial charge in [-0.25, -0.2) is 4.79 Å². The van der Waals surface area contributed by atoms with Crippen LogP contribution >= 0.6 is 0 Å². The van der Waals surface area contributed by atoms with Crippen molar-refractivity contribution in [2.24, 2.45) is 0 Å². The Balaban J connectivity index is 2.32. The SMILES string of the molecule is CNC[C@H]1O[C@@H](n2ccc(=O)[nH]c2=O)C(OC)C1O. The lowest BCUT2D eigenvalue weighted by Gasteiger charge is -2.19. The van der Waals surface area contributed by atoms with E-state index in [4.69, 9.17) is 9.47 Å². The first-order valence-electron chi connectivity index (χ1n) is 5.91. The fourth-order valence-electron chi connectivity index (χ4n) is 2.19. The molecule has 2 heterocycles. The van der Waals surface area contributed by atoms with Gasteiger partial charge in [-0.1, -0.05) is 0 Å². The van der Waals surface area contributed by atoms with Crippen LogP contribution in [0.1, 0.15) is 6.23 Å². The Morgan fingerprint density at radius 3 is 2.89 bits per heavy atom. The van der Waals surface area contributed by atoms with E-state index in [0.29, 0.717) is 6.54 Å². The van der Waals surface area contributed by atoms with Crippen LogP contribution < -0.4 is 16.6 Å². The summed E-state index contributed by atoms with van der Waals surface area (Å²) in [5.41, 5.74) is -1.09. The zero-order chi connectivity index (χ0) is 14.0. The Morgan fingerprint density at radius 1 is 1.58 bits per heavy atom. The van der Waals surface area contributed by atoms with Crippen LogP contribution in [0.2, 0.25) is 0 Å². The molecule has 2 rings (SSSR count). The van der Waals surface area contributed by atoms with Crippen LogP contribution in [0.3, 0.4) is 0 Å². The first-order valence-corrected chi connectivity index (χ1v) is 5.91. The molecule has 8 nitrogen and oxygen atoms in total. The number of aromatic amines is 1. The number of aliphatic hydroxyl groups excluding tert-OH is 1. The molecule has 3 N–H and O–H groups in total. The lowest BCUT2D eigenvalue weighted by molar-refractivity contribution is -0.0533. The van der Waals surface area contributed by atoms with E-state index in [1.165, 1.54) is 23.9 Å². The number of nitrogens with one attached hydrogen (secondary N) is 2. The van der Waals surface area contributed by atoms with Gasteiger partial charge in [-0.3, -0.25) is 14.3 Å². The molecule has 1 fully saturated rings. The normalized spacial score (nSPS) is 30.7. The minimum atomic E-state index is -0.860. The fourth-order valence-corrected chi connectivity index (χ4v) is 2.19. The number of hydrogen-bond acceptors (Lipinski definition) is 6. The minimum Gasteiger partial charge on any atom is -0.387 e. The van der Waals surface area contributed by atoms with E-state index in [2.05, 4.69) is 10.3 Å². The van der Waals surface area contributed by atoms with Crippen LogP contribution in [0.25, 0.3) is 0 Å². The summed E-state index contributed by atoms with van der Waals surface area (Å²) in [5, 5.41) is 13.0. The van der Waals surface area contributed by atoms with E-state index >= 15 is 0 Å². The first kappa shape index (κ1) is 13.9. The van der Waals surface area contributed by atoms with Gasteiger partial charge in [0.15, 0.2) is 6.23 Å². The number of likely N-dealkylation sites (N-methyl/N-ethyl adjacent to an activating group) is 1. The zero-order valence-corrected chi connectivity index (χ0v) is 10.7. The molecular weight excluding hydrogens is 254 g/mol. The number of aliphatic hydroxyl groups is 1. The van der Waals surface area contributed by atoms with Crippen LogP contribution in [-0.2, 0) is 9.47 Å². The quantitative estimate of drug-likeness (QED) is 0.586. The van der Waals surface area contributed by atoms with Crippen molar-refractivity contribution in [1.29, 1.82) is 0 Å². The van der Waals surface area contributed by atoms with Gasteiger partial charge in [-0.2, -0.15) is 0 Å². The van der Waals surface area contributed by atoms with Gasteiger partial charge < -0.3 is 19.9 Å². The highest BCUT2D eigenvalue weighted by atomic mass is 16.6. The Morgan fingerprint density at radius 2 is 2.32 bits per heavy atom. The van der Waals surface area contributed by atoms with E-state index < -0.39 is 35.8 Å². The molecule has 1 aromatic rings. The van der Waals surface area contributed by atoms with Crippen LogP contribution in [0.5, 0.6) is 0 Å². The molecule has 19 heavy (non-hydrogen) atoms. The van der Waals surface area contributed by atoms with Crippen molar-refractivity contribution in [3.05, 3.63) is 33.1 Å². The smallest absolute Gasteiger partial charge is 0.330 e. The molecule has 0 amide bonds. The van der Waals surface area contributed by atoms with Crippen molar-refractivity contribution in [1.82, 2.24) is 14.9 Å². The second-order valence-electron chi connectivity index (χ2n) is 4.33. The zero-order valence-electron chi connectivity index (χ0n) is 10.7. The average molecular weight is 271 g/mol. The van der Waals surface area contributed by atoms with Gasteiger partial charge in [0, 0.05) is 25.9 Å². The molecular formula is C11H17N3O5. The molecule has 0 aliphatic carbocycles. The summed E-state index contributed by atoms with van der Waals surface area (Å²) in [6.45, 7) is 0.426. The van der Waals surface area contributed by atoms with E-state index in [1.807, 2.05) is 0 Å². The molecule has 1 aliphatic heterocycles. The lowest BCUT2D eigenvalue weighted by Crippen LogP contribution is -2.39. The number of H-pyrrole nitrogens is 1. The van der Waals surface area contributed by atoms with Crippen molar-refractivity contribution in [2.75, 3.05) is 20.7 Å². The third kappa shape index (κ3) is 2.61. The molecule has 0 radical (unpaired) electrons. The second kappa shape index (κ2) is 5.66. The Bertz CT molecular complexity index is 540. The molecule has 1 aliphatic rings. The predicted octanol–water partition coefficient (Wildman–Crippen LogP) is -1.97. The summed E-state index contributed by atoms with van der Waals surface area (Å²) in [6.07, 6.45) is -1.48. The van der Waals surface area contributed by atoms with Gasteiger partial charge in [-0.05, 0) is 7.05 Å². The molecule has 0 saturated carbocycles. The number of methoxy groups -OCH3 is 1. The largest absolute Gasteiger partial charge is 0.387 e. The van der Waals surface area contributed by atoms with Gasteiger partial charge in [0.25, 0.3) is 5.56 Å². The maximum absolute atomic E-state index is 11.7. The maximum Gasteiger partial charge on any atom is 0.330 e. The molecule has 106 valence electrons. The highest BCUT2D eigenvalue weighted by Gasteiger charge is 2.44. The number of ether oxygens (including phenoxy) is 2. The van der Waals surface area contributed by atoms with Gasteiger partial charge in [-0.15, -0.1) is 0 Å². The van der Waals surface area contributed by atoms with Crippen molar-refractivity contribution >= 4 is 0 Å². The fraction of sp³-hybridized carbons (Fsp3) is 0.636. The van der Waals surface area contributed by atoms with Gasteiger partial charge in [0.2, 0.25) is 0 Å². The number of hydrogen-bond donors (Lipinski definition) is 3. The van der Waals surface area contributed by atoms with Gasteiger partial charge in [0.1, 0.15) is 18.3 Å². The molecule has 1 aromatic heterocycles. The van der Waals surface area contributed by atoms with Crippen molar-refractivity contribution in [3.8, 4) is 0 Å². The molecule has 2 unspecified atom stereocenters. The number of aromatic nitrogens is 2. The summed E-state index contributed by atoms with van der Waals surface area (Å²) in [5.74, 6) is 0. The monoisotopic (exact) mass is 271 g/mol. The third-order valence-corrected chi connectivity index (χ3v) is 3.12. The highest BCUT2D eigenvalue weighted by molar-refractivity contribution is 4.94. The van der Waals surface area contributed by atoms with Crippen LogP contribution in [0.4, 0.5) is 0 Å². The van der Waals surface area contributed by atoms with Crippen LogP contribution in [0, 0.1) is 0 Å². The summed E-state index contributed by atoms with van der Waals surface area (Å²) in [4.78, 5) is 24.9. The Kier molecular flexibility index (Phi) is 4.15. The van der Waals surface area contributed by atoms with Gasteiger partial charge >= 0.3 is 5.69 Å². The van der Waals surface area contributed by atoms with E-state index in [1.54, 1.807) is 7.05 Å². The van der Waals surface area contributed by atoms with Gasteiger partial charge in [0.05, 0.1) is 0 Å². The van der Waals surface area contributed by atoms with E-state index in [0.717, 1.165) is 0 Å². The van der Waals surface area contributed by atoms with Crippen molar-refractivity contribution in [2.45, 2.75) is 24.5 Å². The van der Waals surface area contributed by atoms with Crippen LogP contribution in [-0.4, -0.2) is 53.7 Å². The number of nitrogens with zero attached hydrogens (tertiary/aromatic N) is 1. The van der Waals surface area contributed by atoms with Crippen molar-refractivity contribution in [3.63, 3.8) is 0 Å². The molecule has 8 heteroatoms. The van der Waals surface area contributed by atoms with Crippen molar-refractivity contribution < 1.29 is 14.6 Å². The standard InChI is InChI=1S/C11H17N3O5/c1-12-5-6-8(16)9(18-2)10(19-6)14-4-3-7(15)13-11(14)17/h3-4,6,8-10,12,16H,5H2,1-2H3,(H,13,15,17)/t6-,8?,9?,10-/m1/s1. The molecule has 0 aromatic carbocycles. The Labute approximate surface area is 109 Å². The molecule has 1 saturated heterocycles. The highest BCUT2D eigenvalue weighted by Crippen LogP contribution is 2.29. The summed E-state index contributed by atoms with van der Waals surface area (Å²) >= 11 is 0. The molecule has 0 bridgehead atoms. The topological polar surface area (TPSA) is 106 Å². The molecule has 0 spiro atoms. The predicted molar refractivity (Wildman–Crippen MR) is 66.0 cm³/mol. The second-order valence-corrected chi connectivity index (χ2v) is 4.33. The average Bonchev–Trinajstić information content (AvgIpc) is 2.67. The minimum absolute atomic E-state index is 0.426. The number of rotatable bonds is 4. The van der Waals surface area contributed by atoms with Crippen LogP contribution in [0.15, 0.2) is 21.9 Å². The third-order valence-electron chi connectivity index (χ3n) is 3.12. The summed E-state index contributed by atoms with van der Waals surface area (Å²) in [7, 11) is 3.17. The van der Waals surface area contributed by atoms with E-state index in [9.17, 15) is 14.7 Å². The summed E-state index contributed by atoms with van der Waals surface area (Å²) < 4.78 is 12.0. The maximum atomic E-state index is 11.7. The molecule has 4 atom stereocenters. The lowest BCUT2D eigenvalue weighted by atomic mass is 10.1. The summed E-state index contributed by atoms with van der Waals surface area (Å²) in [6, 6.07) is 1.22. The Hall–Kier alpha value is -1.48. The van der Waals surface area contributed by atoms with E-state index in [-0.39, 0.29) is 0 Å².